The van der Waals surface area contributed by atoms with E-state index in [4.69, 9.17) is 10.5 Å². The highest BCUT2D eigenvalue weighted by Gasteiger charge is 2.22. The number of amides is 1. The van der Waals surface area contributed by atoms with Gasteiger partial charge in [0.2, 0.25) is 5.91 Å². The van der Waals surface area contributed by atoms with E-state index in [-0.39, 0.29) is 5.91 Å². The zero-order chi connectivity index (χ0) is 11.1. The Bertz CT molecular complexity index is 197. The van der Waals surface area contributed by atoms with Gasteiger partial charge in [-0.15, -0.1) is 0 Å². The van der Waals surface area contributed by atoms with Gasteiger partial charge in [0.15, 0.2) is 0 Å². The Labute approximate surface area is 91.8 Å². The lowest BCUT2D eigenvalue weighted by Gasteiger charge is -2.32. The highest BCUT2D eigenvalue weighted by Crippen LogP contribution is 2.17. The minimum atomic E-state index is 0.193. The largest absolute Gasteiger partial charge is 0.381 e. The highest BCUT2D eigenvalue weighted by molar-refractivity contribution is 5.76. The number of carbonyl (C=O) groups is 1. The fourth-order valence-electron chi connectivity index (χ4n) is 1.99. The van der Waals surface area contributed by atoms with Crippen LogP contribution in [0.3, 0.4) is 0 Å². The summed E-state index contributed by atoms with van der Waals surface area (Å²) in [6, 6.07) is 0. The molecule has 2 N–H and O–H groups in total. The molecule has 1 amide bonds. The third kappa shape index (κ3) is 4.18. The summed E-state index contributed by atoms with van der Waals surface area (Å²) < 4.78 is 5.40. The SMILES string of the molecule is CCOC[C@@H]1CCCN(C(=O)CCN)C1. The van der Waals surface area contributed by atoms with E-state index < -0.39 is 0 Å². The van der Waals surface area contributed by atoms with Gasteiger partial charge in [-0.3, -0.25) is 4.79 Å². The third-order valence-electron chi connectivity index (χ3n) is 2.79. The monoisotopic (exact) mass is 214 g/mol. The average molecular weight is 214 g/mol. The predicted octanol–water partition coefficient (Wildman–Crippen LogP) is 0.610. The molecule has 4 nitrogen and oxygen atoms in total. The topological polar surface area (TPSA) is 55.6 Å². The molecule has 1 aliphatic heterocycles. The summed E-state index contributed by atoms with van der Waals surface area (Å²) in [7, 11) is 0. The molecule has 0 aromatic heterocycles. The van der Waals surface area contributed by atoms with E-state index in [0.717, 1.165) is 32.7 Å². The molecule has 1 fully saturated rings. The van der Waals surface area contributed by atoms with Gasteiger partial charge < -0.3 is 15.4 Å². The zero-order valence-electron chi connectivity index (χ0n) is 9.58. The summed E-state index contributed by atoms with van der Waals surface area (Å²) in [6.45, 7) is 5.72. The van der Waals surface area contributed by atoms with Crippen molar-refractivity contribution in [1.29, 1.82) is 0 Å². The second kappa shape index (κ2) is 6.80. The molecule has 1 saturated heterocycles. The van der Waals surface area contributed by atoms with Gasteiger partial charge in [-0.05, 0) is 25.7 Å². The smallest absolute Gasteiger partial charge is 0.223 e. The second-order valence-corrected chi connectivity index (χ2v) is 4.05. The maximum absolute atomic E-state index is 11.6. The molecule has 0 aliphatic carbocycles. The van der Waals surface area contributed by atoms with E-state index >= 15 is 0 Å². The van der Waals surface area contributed by atoms with Gasteiger partial charge in [-0.1, -0.05) is 0 Å². The lowest BCUT2D eigenvalue weighted by molar-refractivity contribution is -0.133. The van der Waals surface area contributed by atoms with Crippen LogP contribution in [0.25, 0.3) is 0 Å². The molecule has 88 valence electrons. The van der Waals surface area contributed by atoms with Gasteiger partial charge in [0.25, 0.3) is 0 Å². The van der Waals surface area contributed by atoms with Gasteiger partial charge in [-0.25, -0.2) is 0 Å². The summed E-state index contributed by atoms with van der Waals surface area (Å²) in [5, 5.41) is 0. The minimum Gasteiger partial charge on any atom is -0.381 e. The lowest BCUT2D eigenvalue weighted by atomic mass is 9.99. The number of likely N-dealkylation sites (tertiary alicyclic amines) is 1. The van der Waals surface area contributed by atoms with Crippen molar-refractivity contribution in [3.63, 3.8) is 0 Å². The molecule has 0 saturated carbocycles. The minimum absolute atomic E-state index is 0.193. The van der Waals surface area contributed by atoms with Crippen LogP contribution >= 0.6 is 0 Å². The van der Waals surface area contributed by atoms with Crippen LogP contribution in [0.4, 0.5) is 0 Å². The van der Waals surface area contributed by atoms with Crippen molar-refractivity contribution in [3.8, 4) is 0 Å². The lowest BCUT2D eigenvalue weighted by Crippen LogP contribution is -2.41. The molecule has 1 heterocycles. The molecule has 15 heavy (non-hydrogen) atoms. The first-order valence-electron chi connectivity index (χ1n) is 5.83. The number of nitrogens with two attached hydrogens (primary N) is 1. The molecule has 0 aromatic rings. The Morgan fingerprint density at radius 2 is 2.40 bits per heavy atom. The highest BCUT2D eigenvalue weighted by atomic mass is 16.5. The molecule has 0 spiro atoms. The Kier molecular flexibility index (Phi) is 5.65. The molecule has 0 unspecified atom stereocenters. The Morgan fingerprint density at radius 3 is 3.07 bits per heavy atom. The normalized spacial score (nSPS) is 21.7. The predicted molar refractivity (Wildman–Crippen MR) is 59.5 cm³/mol. The van der Waals surface area contributed by atoms with Crippen LogP contribution in [0, 0.1) is 5.92 Å². The summed E-state index contributed by atoms with van der Waals surface area (Å²) in [5.41, 5.74) is 5.38. The Balaban J connectivity index is 2.31. The molecule has 1 atom stereocenters. The molecule has 4 heteroatoms. The third-order valence-corrected chi connectivity index (χ3v) is 2.79. The van der Waals surface area contributed by atoms with Crippen LogP contribution in [0.15, 0.2) is 0 Å². The number of hydrogen-bond donors (Lipinski definition) is 1. The maximum Gasteiger partial charge on any atom is 0.223 e. The number of nitrogens with zero attached hydrogens (tertiary/aromatic N) is 1. The number of rotatable bonds is 5. The van der Waals surface area contributed by atoms with Crippen LogP contribution in [-0.4, -0.2) is 43.7 Å². The van der Waals surface area contributed by atoms with Gasteiger partial charge in [-0.2, -0.15) is 0 Å². The van der Waals surface area contributed by atoms with Crippen LogP contribution in [0.2, 0.25) is 0 Å². The summed E-state index contributed by atoms with van der Waals surface area (Å²) in [4.78, 5) is 13.6. The van der Waals surface area contributed by atoms with Crippen LogP contribution in [-0.2, 0) is 9.53 Å². The Hall–Kier alpha value is -0.610. The molecule has 0 bridgehead atoms. The number of carbonyl (C=O) groups excluding carboxylic acids is 1. The van der Waals surface area contributed by atoms with Crippen LogP contribution in [0.1, 0.15) is 26.2 Å². The fourth-order valence-corrected chi connectivity index (χ4v) is 1.99. The standard InChI is InChI=1S/C11H22N2O2/c1-2-15-9-10-4-3-7-13(8-10)11(14)5-6-12/h10H,2-9,12H2,1H3/t10-/m1/s1. The van der Waals surface area contributed by atoms with E-state index in [1.807, 2.05) is 11.8 Å². The van der Waals surface area contributed by atoms with E-state index in [0.29, 0.717) is 18.9 Å². The van der Waals surface area contributed by atoms with Crippen molar-refractivity contribution in [2.24, 2.45) is 11.7 Å². The average Bonchev–Trinajstić information content (AvgIpc) is 2.27. The molecular formula is C11H22N2O2. The van der Waals surface area contributed by atoms with Gasteiger partial charge in [0, 0.05) is 32.7 Å². The quantitative estimate of drug-likeness (QED) is 0.729. The molecule has 0 aromatic carbocycles. The fraction of sp³-hybridized carbons (Fsp3) is 0.909. The van der Waals surface area contributed by atoms with Crippen LogP contribution in [0.5, 0.6) is 0 Å². The first-order chi connectivity index (χ1) is 7.27. The van der Waals surface area contributed by atoms with Crippen molar-refractivity contribution >= 4 is 5.91 Å². The number of hydrogen-bond acceptors (Lipinski definition) is 3. The summed E-state index contributed by atoms with van der Waals surface area (Å²) in [6.07, 6.45) is 2.74. The molecule has 0 radical (unpaired) electrons. The number of ether oxygens (including phenoxy) is 1. The van der Waals surface area contributed by atoms with Gasteiger partial charge in [0.05, 0.1) is 6.61 Å². The maximum atomic E-state index is 11.6. The van der Waals surface area contributed by atoms with Crippen molar-refractivity contribution < 1.29 is 9.53 Å². The van der Waals surface area contributed by atoms with Crippen molar-refractivity contribution in [2.75, 3.05) is 32.8 Å². The van der Waals surface area contributed by atoms with E-state index in [1.54, 1.807) is 0 Å². The zero-order valence-corrected chi connectivity index (χ0v) is 9.58. The van der Waals surface area contributed by atoms with Crippen LogP contribution < -0.4 is 5.73 Å². The molecule has 1 aliphatic rings. The summed E-state index contributed by atoms with van der Waals surface area (Å²) >= 11 is 0. The first kappa shape index (κ1) is 12.5. The van der Waals surface area contributed by atoms with Crippen molar-refractivity contribution in [1.82, 2.24) is 4.90 Å². The summed E-state index contributed by atoms with van der Waals surface area (Å²) in [5.74, 6) is 0.708. The Morgan fingerprint density at radius 1 is 1.60 bits per heavy atom. The first-order valence-corrected chi connectivity index (χ1v) is 5.83. The van der Waals surface area contributed by atoms with Gasteiger partial charge in [0.1, 0.15) is 0 Å². The number of piperidine rings is 1. The van der Waals surface area contributed by atoms with Gasteiger partial charge >= 0.3 is 0 Å². The second-order valence-electron chi connectivity index (χ2n) is 4.05. The van der Waals surface area contributed by atoms with E-state index in [1.165, 1.54) is 6.42 Å². The molecular weight excluding hydrogens is 192 g/mol. The molecule has 1 rings (SSSR count). The van der Waals surface area contributed by atoms with E-state index in [9.17, 15) is 4.79 Å². The van der Waals surface area contributed by atoms with Crippen molar-refractivity contribution in [3.05, 3.63) is 0 Å². The van der Waals surface area contributed by atoms with Crippen molar-refractivity contribution in [2.45, 2.75) is 26.2 Å². The van der Waals surface area contributed by atoms with E-state index in [2.05, 4.69) is 0 Å².